The molecule has 3 rings (SSSR count). The minimum atomic E-state index is 0.508. The lowest BCUT2D eigenvalue weighted by molar-refractivity contribution is 0.148. The fourth-order valence-corrected chi connectivity index (χ4v) is 2.52. The average molecular weight is 337 g/mol. The highest BCUT2D eigenvalue weighted by molar-refractivity contribution is 6.31. The van der Waals surface area contributed by atoms with Crippen LogP contribution in [-0.2, 0) is 11.3 Å². The van der Waals surface area contributed by atoms with E-state index in [-0.39, 0.29) is 0 Å². The fraction of sp³-hybridized carbons (Fsp3) is 0.100. The van der Waals surface area contributed by atoms with Crippen LogP contribution in [0.3, 0.4) is 0 Å². The third kappa shape index (κ3) is 4.43. The lowest BCUT2D eigenvalue weighted by atomic mass is 10.0. The topological polar surface area (TPSA) is 34.5 Å². The van der Waals surface area contributed by atoms with Gasteiger partial charge in [0.25, 0.3) is 0 Å². The molecule has 0 fully saturated rings. The minimum Gasteiger partial charge on any atom is -0.395 e. The van der Waals surface area contributed by atoms with E-state index in [0.717, 1.165) is 23.3 Å². The van der Waals surface area contributed by atoms with Crippen molar-refractivity contribution in [1.82, 2.24) is 4.98 Å². The van der Waals surface area contributed by atoms with Crippen molar-refractivity contribution in [1.29, 1.82) is 0 Å². The molecular formula is C20H17ClN2O. The van der Waals surface area contributed by atoms with Gasteiger partial charge in [0.2, 0.25) is 0 Å². The molecule has 0 aliphatic carbocycles. The van der Waals surface area contributed by atoms with Gasteiger partial charge in [0.15, 0.2) is 0 Å². The van der Waals surface area contributed by atoms with Gasteiger partial charge in [-0.05, 0) is 29.8 Å². The number of halogens is 1. The van der Waals surface area contributed by atoms with Gasteiger partial charge in [0.1, 0.15) is 12.3 Å². The van der Waals surface area contributed by atoms with Crippen LogP contribution < -0.4 is 0 Å². The molecular weight excluding hydrogens is 320 g/mol. The summed E-state index contributed by atoms with van der Waals surface area (Å²) in [5.41, 5.74) is 3.73. The largest absolute Gasteiger partial charge is 0.395 e. The number of rotatable bonds is 6. The molecule has 0 N–H and O–H groups in total. The average Bonchev–Trinajstić information content (AvgIpc) is 2.63. The third-order valence-electron chi connectivity index (χ3n) is 3.51. The smallest absolute Gasteiger partial charge is 0.121 e. The van der Waals surface area contributed by atoms with Crippen LogP contribution >= 0.6 is 11.6 Å². The predicted octanol–water partition coefficient (Wildman–Crippen LogP) is 4.75. The predicted molar refractivity (Wildman–Crippen MR) is 97.4 cm³/mol. The Bertz CT molecular complexity index is 804. The van der Waals surface area contributed by atoms with E-state index >= 15 is 0 Å². The Kier molecular flexibility index (Phi) is 5.59. The molecule has 1 heterocycles. The van der Waals surface area contributed by atoms with E-state index in [1.807, 2.05) is 54.6 Å². The molecule has 24 heavy (non-hydrogen) atoms. The second-order valence-corrected chi connectivity index (χ2v) is 5.70. The Morgan fingerprint density at radius 1 is 0.958 bits per heavy atom. The van der Waals surface area contributed by atoms with Gasteiger partial charge in [0.05, 0.1) is 0 Å². The number of benzene rings is 2. The molecule has 0 bridgehead atoms. The first kappa shape index (κ1) is 16.2. The fourth-order valence-electron chi connectivity index (χ4n) is 2.33. The zero-order chi connectivity index (χ0) is 16.6. The first-order valence-electron chi connectivity index (χ1n) is 7.73. The van der Waals surface area contributed by atoms with Crippen molar-refractivity contribution in [3.8, 4) is 0 Å². The summed E-state index contributed by atoms with van der Waals surface area (Å²) in [5, 5.41) is 5.00. The molecule has 0 saturated heterocycles. The summed E-state index contributed by atoms with van der Waals surface area (Å²) in [6.07, 6.45) is 4.30. The van der Waals surface area contributed by atoms with Crippen LogP contribution in [0.2, 0.25) is 5.02 Å². The lowest BCUT2D eigenvalue weighted by Crippen LogP contribution is -2.06. The van der Waals surface area contributed by atoms with E-state index in [9.17, 15) is 0 Å². The van der Waals surface area contributed by atoms with Gasteiger partial charge in [-0.2, -0.15) is 0 Å². The van der Waals surface area contributed by atoms with Crippen LogP contribution in [0.25, 0.3) is 0 Å². The molecule has 2 aromatic carbocycles. The van der Waals surface area contributed by atoms with Gasteiger partial charge in [0, 0.05) is 35.0 Å². The highest BCUT2D eigenvalue weighted by Gasteiger charge is 2.09. The summed E-state index contributed by atoms with van der Waals surface area (Å²) in [7, 11) is 0. The number of hydrogen-bond acceptors (Lipinski definition) is 3. The monoisotopic (exact) mass is 336 g/mol. The number of nitrogens with zero attached hydrogens (tertiary/aromatic N) is 2. The van der Waals surface area contributed by atoms with E-state index in [4.69, 9.17) is 16.4 Å². The molecule has 0 atom stereocenters. The van der Waals surface area contributed by atoms with Crippen LogP contribution in [0.1, 0.15) is 16.7 Å². The Morgan fingerprint density at radius 2 is 1.79 bits per heavy atom. The molecule has 0 unspecified atom stereocenters. The quantitative estimate of drug-likeness (QED) is 0.370. The second-order valence-electron chi connectivity index (χ2n) is 5.26. The number of hydrogen-bond donors (Lipinski definition) is 0. The van der Waals surface area contributed by atoms with Gasteiger partial charge >= 0.3 is 0 Å². The molecule has 0 aliphatic rings. The molecule has 1 aromatic heterocycles. The molecule has 0 radical (unpaired) electrons. The zero-order valence-corrected chi connectivity index (χ0v) is 13.9. The van der Waals surface area contributed by atoms with Crippen molar-refractivity contribution in [2.45, 2.75) is 6.42 Å². The highest BCUT2D eigenvalue weighted by Crippen LogP contribution is 2.16. The van der Waals surface area contributed by atoms with Crippen molar-refractivity contribution in [3.63, 3.8) is 0 Å². The standard InChI is InChI=1S/C20H17ClN2O/c21-19-10-4-8-17(14-19)20(18-9-5-12-22-15-18)23-24-13-11-16-6-2-1-3-7-16/h1-10,12,14-15H,11,13H2. The van der Waals surface area contributed by atoms with E-state index < -0.39 is 0 Å². The summed E-state index contributed by atoms with van der Waals surface area (Å²) in [6, 6.07) is 21.6. The molecule has 0 spiro atoms. The van der Waals surface area contributed by atoms with Gasteiger partial charge < -0.3 is 4.84 Å². The molecule has 0 saturated carbocycles. The van der Waals surface area contributed by atoms with E-state index in [0.29, 0.717) is 11.6 Å². The van der Waals surface area contributed by atoms with E-state index in [2.05, 4.69) is 22.3 Å². The Morgan fingerprint density at radius 3 is 2.54 bits per heavy atom. The minimum absolute atomic E-state index is 0.508. The van der Waals surface area contributed by atoms with Gasteiger partial charge in [-0.25, -0.2) is 0 Å². The van der Waals surface area contributed by atoms with Crippen molar-refractivity contribution in [2.24, 2.45) is 5.16 Å². The Balaban J connectivity index is 1.77. The summed E-state index contributed by atoms with van der Waals surface area (Å²) in [6.45, 7) is 0.508. The molecule has 4 heteroatoms. The summed E-state index contributed by atoms with van der Waals surface area (Å²) >= 11 is 6.11. The zero-order valence-electron chi connectivity index (χ0n) is 13.1. The summed E-state index contributed by atoms with van der Waals surface area (Å²) in [4.78, 5) is 9.73. The SMILES string of the molecule is Clc1cccc(C(=NOCCc2ccccc2)c2cccnc2)c1. The maximum absolute atomic E-state index is 6.11. The molecule has 120 valence electrons. The number of pyridine rings is 1. The van der Waals surface area contributed by atoms with Crippen LogP contribution in [-0.4, -0.2) is 17.3 Å². The van der Waals surface area contributed by atoms with Crippen molar-refractivity contribution < 1.29 is 4.84 Å². The van der Waals surface area contributed by atoms with Crippen LogP contribution in [0.5, 0.6) is 0 Å². The maximum Gasteiger partial charge on any atom is 0.121 e. The highest BCUT2D eigenvalue weighted by atomic mass is 35.5. The van der Waals surface area contributed by atoms with E-state index in [1.165, 1.54) is 5.56 Å². The second kappa shape index (κ2) is 8.27. The van der Waals surface area contributed by atoms with Gasteiger partial charge in [-0.1, -0.05) is 59.2 Å². The molecule has 0 aliphatic heterocycles. The van der Waals surface area contributed by atoms with Crippen molar-refractivity contribution >= 4 is 17.3 Å². The maximum atomic E-state index is 6.11. The third-order valence-corrected chi connectivity index (χ3v) is 3.75. The molecule has 0 amide bonds. The normalized spacial score (nSPS) is 11.3. The van der Waals surface area contributed by atoms with Crippen LogP contribution in [0.15, 0.2) is 84.3 Å². The Labute approximate surface area is 146 Å². The first-order valence-corrected chi connectivity index (χ1v) is 8.11. The van der Waals surface area contributed by atoms with Gasteiger partial charge in [-0.3, -0.25) is 4.98 Å². The van der Waals surface area contributed by atoms with E-state index in [1.54, 1.807) is 12.4 Å². The van der Waals surface area contributed by atoms with Crippen molar-refractivity contribution in [3.05, 3.63) is 101 Å². The Hall–Kier alpha value is -2.65. The first-order chi connectivity index (χ1) is 11.8. The summed E-state index contributed by atoms with van der Waals surface area (Å²) in [5.74, 6) is 0. The molecule has 3 nitrogen and oxygen atoms in total. The van der Waals surface area contributed by atoms with Crippen LogP contribution in [0.4, 0.5) is 0 Å². The number of oxime groups is 1. The van der Waals surface area contributed by atoms with Crippen molar-refractivity contribution in [2.75, 3.05) is 6.61 Å². The van der Waals surface area contributed by atoms with Gasteiger partial charge in [-0.15, -0.1) is 0 Å². The summed E-state index contributed by atoms with van der Waals surface area (Å²) < 4.78 is 0. The lowest BCUT2D eigenvalue weighted by Gasteiger charge is -2.08. The number of aromatic nitrogens is 1. The molecule has 3 aromatic rings. The van der Waals surface area contributed by atoms with Crippen LogP contribution in [0, 0.1) is 0 Å².